The van der Waals surface area contributed by atoms with Crippen molar-refractivity contribution in [2.75, 3.05) is 20.6 Å². The molecule has 1 fully saturated rings. The number of nitrogens with zero attached hydrogens (tertiary/aromatic N) is 1. The molecule has 0 aromatic carbocycles. The van der Waals surface area contributed by atoms with E-state index < -0.39 is 0 Å². The Labute approximate surface area is 71.9 Å². The molecule has 1 unspecified atom stereocenters. The van der Waals surface area contributed by atoms with Crippen molar-refractivity contribution < 1.29 is 9.59 Å². The van der Waals surface area contributed by atoms with Gasteiger partial charge in [0.2, 0.25) is 11.8 Å². The summed E-state index contributed by atoms with van der Waals surface area (Å²) in [6, 6.07) is 0. The highest BCUT2D eigenvalue weighted by Crippen LogP contribution is 2.14. The minimum absolute atomic E-state index is 0.0125. The second-order valence-electron chi connectivity index (χ2n) is 3.27. The quantitative estimate of drug-likeness (QED) is 0.582. The first-order valence-electron chi connectivity index (χ1n) is 4.09. The molecule has 0 aliphatic carbocycles. The monoisotopic (exact) mass is 170 g/mol. The van der Waals surface area contributed by atoms with E-state index in [1.807, 2.05) is 0 Å². The molecule has 1 heterocycles. The van der Waals surface area contributed by atoms with E-state index in [2.05, 4.69) is 5.32 Å². The van der Waals surface area contributed by atoms with Crippen LogP contribution in [-0.4, -0.2) is 37.4 Å². The lowest BCUT2D eigenvalue weighted by Crippen LogP contribution is -2.40. The summed E-state index contributed by atoms with van der Waals surface area (Å²) in [4.78, 5) is 23.9. The Morgan fingerprint density at radius 1 is 1.58 bits per heavy atom. The lowest BCUT2D eigenvalue weighted by atomic mass is 9.96. The number of nitrogens with one attached hydrogen (secondary N) is 1. The van der Waals surface area contributed by atoms with E-state index >= 15 is 0 Å². The van der Waals surface area contributed by atoms with Crippen LogP contribution in [0.5, 0.6) is 0 Å². The summed E-state index contributed by atoms with van der Waals surface area (Å²) in [5, 5.41) is 2.70. The standard InChI is InChI=1S/C8H14N2O2/c1-10(2)8(12)6-3-4-9-7(11)5-6/h6H,3-5H2,1-2H3,(H,9,11). The fourth-order valence-corrected chi connectivity index (χ4v) is 1.36. The second-order valence-corrected chi connectivity index (χ2v) is 3.27. The summed E-state index contributed by atoms with van der Waals surface area (Å²) in [6.07, 6.45) is 1.11. The second kappa shape index (κ2) is 3.56. The molecule has 1 rings (SSSR count). The van der Waals surface area contributed by atoms with Crippen molar-refractivity contribution in [3.05, 3.63) is 0 Å². The number of carbonyl (C=O) groups is 2. The molecular weight excluding hydrogens is 156 g/mol. The van der Waals surface area contributed by atoms with Gasteiger partial charge in [-0.2, -0.15) is 0 Å². The lowest BCUT2D eigenvalue weighted by Gasteiger charge is -2.23. The molecule has 0 radical (unpaired) electrons. The highest BCUT2D eigenvalue weighted by atomic mass is 16.2. The van der Waals surface area contributed by atoms with Gasteiger partial charge in [0, 0.05) is 33.0 Å². The molecule has 0 spiro atoms. The minimum atomic E-state index is -0.103. The summed E-state index contributed by atoms with van der Waals surface area (Å²) < 4.78 is 0. The average molecular weight is 170 g/mol. The lowest BCUT2D eigenvalue weighted by molar-refractivity contribution is -0.137. The Kier molecular flexibility index (Phi) is 2.68. The normalized spacial score (nSPS) is 23.2. The van der Waals surface area contributed by atoms with E-state index in [1.165, 1.54) is 0 Å². The topological polar surface area (TPSA) is 49.4 Å². The summed E-state index contributed by atoms with van der Waals surface area (Å²) >= 11 is 0. The molecule has 68 valence electrons. The molecular formula is C8H14N2O2. The predicted molar refractivity (Wildman–Crippen MR) is 44.4 cm³/mol. The molecule has 4 heteroatoms. The number of rotatable bonds is 1. The fraction of sp³-hybridized carbons (Fsp3) is 0.750. The first-order chi connectivity index (χ1) is 5.61. The maximum absolute atomic E-state index is 11.4. The molecule has 2 amide bonds. The van der Waals surface area contributed by atoms with Crippen molar-refractivity contribution in [3.8, 4) is 0 Å². The van der Waals surface area contributed by atoms with Crippen LogP contribution in [0.4, 0.5) is 0 Å². The Morgan fingerprint density at radius 2 is 2.25 bits per heavy atom. The van der Waals surface area contributed by atoms with E-state index in [4.69, 9.17) is 0 Å². The van der Waals surface area contributed by atoms with Crippen LogP contribution in [-0.2, 0) is 9.59 Å². The van der Waals surface area contributed by atoms with Crippen LogP contribution in [0.2, 0.25) is 0 Å². The molecule has 1 atom stereocenters. The summed E-state index contributed by atoms with van der Waals surface area (Å²) in [6.45, 7) is 0.628. The van der Waals surface area contributed by atoms with Crippen LogP contribution in [0.15, 0.2) is 0 Å². The van der Waals surface area contributed by atoms with Crippen molar-refractivity contribution in [2.45, 2.75) is 12.8 Å². The molecule has 0 aromatic heterocycles. The first kappa shape index (κ1) is 9.03. The van der Waals surface area contributed by atoms with E-state index in [0.29, 0.717) is 13.0 Å². The first-order valence-corrected chi connectivity index (χ1v) is 4.09. The molecule has 1 N–H and O–H groups in total. The number of amides is 2. The molecule has 1 aliphatic heterocycles. The van der Waals surface area contributed by atoms with Crippen molar-refractivity contribution in [2.24, 2.45) is 5.92 Å². The van der Waals surface area contributed by atoms with Gasteiger partial charge in [-0.25, -0.2) is 0 Å². The molecule has 0 bridgehead atoms. The van der Waals surface area contributed by atoms with Crippen LogP contribution >= 0.6 is 0 Å². The van der Waals surface area contributed by atoms with E-state index in [1.54, 1.807) is 19.0 Å². The minimum Gasteiger partial charge on any atom is -0.356 e. The van der Waals surface area contributed by atoms with Crippen LogP contribution in [0.1, 0.15) is 12.8 Å². The van der Waals surface area contributed by atoms with Gasteiger partial charge in [-0.3, -0.25) is 9.59 Å². The number of hydrogen-bond donors (Lipinski definition) is 1. The zero-order chi connectivity index (χ0) is 9.14. The van der Waals surface area contributed by atoms with Crippen molar-refractivity contribution in [1.29, 1.82) is 0 Å². The third-order valence-electron chi connectivity index (χ3n) is 2.04. The Balaban J connectivity index is 2.51. The van der Waals surface area contributed by atoms with Crippen LogP contribution in [0.25, 0.3) is 0 Å². The van der Waals surface area contributed by atoms with Gasteiger partial charge >= 0.3 is 0 Å². The third kappa shape index (κ3) is 1.96. The fourth-order valence-electron chi connectivity index (χ4n) is 1.36. The van der Waals surface area contributed by atoms with E-state index in [0.717, 1.165) is 6.42 Å². The molecule has 4 nitrogen and oxygen atoms in total. The van der Waals surface area contributed by atoms with Gasteiger partial charge in [0.05, 0.1) is 0 Å². The summed E-state index contributed by atoms with van der Waals surface area (Å²) in [5.41, 5.74) is 0. The highest BCUT2D eigenvalue weighted by Gasteiger charge is 2.26. The number of carbonyl (C=O) groups excluding carboxylic acids is 2. The van der Waals surface area contributed by atoms with Gasteiger partial charge in [-0.05, 0) is 6.42 Å². The SMILES string of the molecule is CN(C)C(=O)C1CCNC(=O)C1. The summed E-state index contributed by atoms with van der Waals surface area (Å²) in [5.74, 6) is -0.0555. The van der Waals surface area contributed by atoms with Crippen LogP contribution in [0.3, 0.4) is 0 Å². The maximum Gasteiger partial charge on any atom is 0.225 e. The largest absolute Gasteiger partial charge is 0.356 e. The predicted octanol–water partition coefficient (Wildman–Crippen LogP) is -0.399. The van der Waals surface area contributed by atoms with Crippen LogP contribution in [0, 0.1) is 5.92 Å². The number of hydrogen-bond acceptors (Lipinski definition) is 2. The van der Waals surface area contributed by atoms with Gasteiger partial charge in [0.25, 0.3) is 0 Å². The molecule has 0 aromatic rings. The van der Waals surface area contributed by atoms with Gasteiger partial charge in [-0.15, -0.1) is 0 Å². The maximum atomic E-state index is 11.4. The zero-order valence-corrected chi connectivity index (χ0v) is 7.46. The summed E-state index contributed by atoms with van der Waals surface area (Å²) in [7, 11) is 3.43. The average Bonchev–Trinajstić information content (AvgIpc) is 2.03. The highest BCUT2D eigenvalue weighted by molar-refractivity contribution is 5.86. The molecule has 1 saturated heterocycles. The molecule has 1 aliphatic rings. The van der Waals surface area contributed by atoms with Gasteiger partial charge in [-0.1, -0.05) is 0 Å². The van der Waals surface area contributed by atoms with Crippen molar-refractivity contribution in [1.82, 2.24) is 10.2 Å². The Hall–Kier alpha value is -1.06. The Morgan fingerprint density at radius 3 is 2.75 bits per heavy atom. The number of piperidine rings is 1. The van der Waals surface area contributed by atoms with E-state index in [9.17, 15) is 9.59 Å². The third-order valence-corrected chi connectivity index (χ3v) is 2.04. The van der Waals surface area contributed by atoms with Gasteiger partial charge in [0.1, 0.15) is 0 Å². The molecule has 0 saturated carbocycles. The van der Waals surface area contributed by atoms with E-state index in [-0.39, 0.29) is 17.7 Å². The zero-order valence-electron chi connectivity index (χ0n) is 7.46. The molecule has 12 heavy (non-hydrogen) atoms. The van der Waals surface area contributed by atoms with Gasteiger partial charge < -0.3 is 10.2 Å². The Bertz CT molecular complexity index is 201. The van der Waals surface area contributed by atoms with Crippen molar-refractivity contribution >= 4 is 11.8 Å². The van der Waals surface area contributed by atoms with Gasteiger partial charge in [0.15, 0.2) is 0 Å². The van der Waals surface area contributed by atoms with Crippen LogP contribution < -0.4 is 5.32 Å². The smallest absolute Gasteiger partial charge is 0.225 e. The van der Waals surface area contributed by atoms with Crippen molar-refractivity contribution in [3.63, 3.8) is 0 Å².